The minimum atomic E-state index is -5.08. The molecule has 4 nitrogen and oxygen atoms in total. The number of fused-ring (bicyclic) bond motifs is 1. The molecule has 0 saturated heterocycles. The summed E-state index contributed by atoms with van der Waals surface area (Å²) in [5, 5.41) is 14.8. The van der Waals surface area contributed by atoms with E-state index < -0.39 is 29.5 Å². The summed E-state index contributed by atoms with van der Waals surface area (Å²) >= 11 is 0. The first-order valence-corrected chi connectivity index (χ1v) is 8.82. The van der Waals surface area contributed by atoms with E-state index >= 15 is 0 Å². The van der Waals surface area contributed by atoms with Crippen molar-refractivity contribution >= 4 is 11.6 Å². The first-order chi connectivity index (χ1) is 12.4. The second kappa shape index (κ2) is 6.29. The maximum absolute atomic E-state index is 14.0. The summed E-state index contributed by atoms with van der Waals surface area (Å²) in [5.74, 6) is -3.08. The van der Waals surface area contributed by atoms with Crippen molar-refractivity contribution in [1.82, 2.24) is 5.01 Å². The van der Waals surface area contributed by atoms with Crippen LogP contribution in [-0.2, 0) is 0 Å². The lowest BCUT2D eigenvalue weighted by molar-refractivity contribution is -0.314. The summed E-state index contributed by atoms with van der Waals surface area (Å²) in [6.45, 7) is 5.84. The van der Waals surface area contributed by atoms with E-state index in [0.717, 1.165) is 24.3 Å². The van der Waals surface area contributed by atoms with E-state index in [2.05, 4.69) is 5.10 Å². The van der Waals surface area contributed by atoms with E-state index in [-0.39, 0.29) is 40.5 Å². The van der Waals surface area contributed by atoms with E-state index in [1.165, 1.54) is 0 Å². The number of alkyl halides is 3. The van der Waals surface area contributed by atoms with E-state index in [1.54, 1.807) is 0 Å². The van der Waals surface area contributed by atoms with Gasteiger partial charge in [0.2, 0.25) is 0 Å². The molecule has 8 heteroatoms. The molecule has 1 N–H and O–H groups in total. The van der Waals surface area contributed by atoms with Crippen molar-refractivity contribution < 1.29 is 27.5 Å². The van der Waals surface area contributed by atoms with Gasteiger partial charge in [-0.2, -0.15) is 23.3 Å². The number of hydrogen-bond donors (Lipinski definition) is 1. The molecule has 0 unspecified atom stereocenters. The Morgan fingerprint density at radius 2 is 1.81 bits per heavy atom. The maximum Gasteiger partial charge on any atom is 0.439 e. The summed E-state index contributed by atoms with van der Waals surface area (Å²) in [7, 11) is 0. The van der Waals surface area contributed by atoms with Crippen LogP contribution in [0.15, 0.2) is 29.4 Å². The molecule has 0 spiro atoms. The molecule has 0 aromatic heterocycles. The van der Waals surface area contributed by atoms with Crippen LogP contribution in [0.4, 0.5) is 17.6 Å². The molecule has 148 valence electrons. The quantitative estimate of drug-likeness (QED) is 0.730. The smallest absolute Gasteiger partial charge is 0.362 e. The standard InChI is InChI=1S/C19H22F4N2O2/c1-17(2,3)12-6-9-15-14(10-12)18(27,19(21,22)23)25(24-15)16(26)11-4-7-13(20)8-5-11/h4-5,7-8,12,14,27H,6,9-10H2,1-3H3/t12-,14+,18-/m1/s1. The van der Waals surface area contributed by atoms with Crippen LogP contribution in [0.25, 0.3) is 0 Å². The SMILES string of the molecule is CC(C)(C)[C@@H]1CCC2=NN(C(=O)c3ccc(F)cc3)[C@](O)(C(F)(F)F)[C@H]2C1. The molecule has 0 radical (unpaired) electrons. The fourth-order valence-electron chi connectivity index (χ4n) is 3.92. The average Bonchev–Trinajstić information content (AvgIpc) is 2.88. The molecule has 3 rings (SSSR count). The predicted molar refractivity (Wildman–Crippen MR) is 91.3 cm³/mol. The fourth-order valence-corrected chi connectivity index (χ4v) is 3.92. The van der Waals surface area contributed by atoms with Crippen molar-refractivity contribution in [3.63, 3.8) is 0 Å². The van der Waals surface area contributed by atoms with Gasteiger partial charge in [0.15, 0.2) is 0 Å². The molecule has 1 saturated carbocycles. The predicted octanol–water partition coefficient (Wildman–Crippen LogP) is 4.35. The maximum atomic E-state index is 14.0. The van der Waals surface area contributed by atoms with Gasteiger partial charge in [-0.25, -0.2) is 4.39 Å². The van der Waals surface area contributed by atoms with Crippen LogP contribution in [0.5, 0.6) is 0 Å². The molecule has 2 aliphatic rings. The zero-order valence-corrected chi connectivity index (χ0v) is 15.3. The molecular formula is C19H22F4N2O2. The van der Waals surface area contributed by atoms with Crippen LogP contribution in [0.1, 0.15) is 50.4 Å². The van der Waals surface area contributed by atoms with Crippen LogP contribution in [0.2, 0.25) is 0 Å². The second-order valence-electron chi connectivity index (χ2n) is 8.33. The second-order valence-corrected chi connectivity index (χ2v) is 8.33. The Morgan fingerprint density at radius 1 is 1.22 bits per heavy atom. The summed E-state index contributed by atoms with van der Waals surface area (Å²) in [5.41, 5.74) is -3.62. The Labute approximate surface area is 154 Å². The monoisotopic (exact) mass is 386 g/mol. The van der Waals surface area contributed by atoms with Gasteiger partial charge in [-0.05, 0) is 54.9 Å². The van der Waals surface area contributed by atoms with Crippen molar-refractivity contribution in [1.29, 1.82) is 0 Å². The average molecular weight is 386 g/mol. The number of rotatable bonds is 1. The lowest BCUT2D eigenvalue weighted by Crippen LogP contribution is -2.62. The van der Waals surface area contributed by atoms with E-state index in [0.29, 0.717) is 6.42 Å². The highest BCUT2D eigenvalue weighted by Gasteiger charge is 2.69. The Hall–Kier alpha value is -1.96. The highest BCUT2D eigenvalue weighted by atomic mass is 19.4. The molecule has 1 fully saturated rings. The minimum absolute atomic E-state index is 0.0452. The molecule has 1 aromatic rings. The van der Waals surface area contributed by atoms with Gasteiger partial charge >= 0.3 is 6.18 Å². The lowest BCUT2D eigenvalue weighted by Gasteiger charge is -2.42. The zero-order valence-electron chi connectivity index (χ0n) is 15.3. The number of carbonyl (C=O) groups excluding carboxylic acids is 1. The third-order valence-corrected chi connectivity index (χ3v) is 5.63. The van der Waals surface area contributed by atoms with Gasteiger partial charge in [-0.1, -0.05) is 20.8 Å². The first-order valence-electron chi connectivity index (χ1n) is 8.82. The third kappa shape index (κ3) is 3.24. The highest BCUT2D eigenvalue weighted by molar-refractivity contribution is 5.99. The largest absolute Gasteiger partial charge is 0.439 e. The molecule has 1 heterocycles. The molecule has 1 aliphatic heterocycles. The minimum Gasteiger partial charge on any atom is -0.362 e. The van der Waals surface area contributed by atoms with Gasteiger partial charge in [-0.3, -0.25) is 4.79 Å². The molecule has 1 aromatic carbocycles. The van der Waals surface area contributed by atoms with E-state index in [9.17, 15) is 27.5 Å². The van der Waals surface area contributed by atoms with Gasteiger partial charge in [-0.15, -0.1) is 0 Å². The van der Waals surface area contributed by atoms with Gasteiger partial charge in [0.1, 0.15) is 5.82 Å². The number of benzene rings is 1. The number of nitrogens with zero attached hydrogens (tertiary/aromatic N) is 2. The van der Waals surface area contributed by atoms with Gasteiger partial charge in [0.05, 0.1) is 5.92 Å². The van der Waals surface area contributed by atoms with Crippen LogP contribution in [0.3, 0.4) is 0 Å². The van der Waals surface area contributed by atoms with Crippen molar-refractivity contribution in [2.45, 2.75) is 51.9 Å². The topological polar surface area (TPSA) is 52.9 Å². The first kappa shape index (κ1) is 19.8. The van der Waals surface area contributed by atoms with Crippen LogP contribution < -0.4 is 0 Å². The van der Waals surface area contributed by atoms with Crippen molar-refractivity contribution in [3.8, 4) is 0 Å². The van der Waals surface area contributed by atoms with E-state index in [4.69, 9.17) is 0 Å². The molecular weight excluding hydrogens is 364 g/mol. The van der Waals surface area contributed by atoms with Crippen LogP contribution >= 0.6 is 0 Å². The number of amides is 1. The van der Waals surface area contributed by atoms with Crippen molar-refractivity contribution in [3.05, 3.63) is 35.6 Å². The normalized spacial score (nSPS) is 28.7. The summed E-state index contributed by atoms with van der Waals surface area (Å²) in [6, 6.07) is 4.11. The summed E-state index contributed by atoms with van der Waals surface area (Å²) in [4.78, 5) is 12.7. The van der Waals surface area contributed by atoms with Gasteiger partial charge < -0.3 is 5.11 Å². The third-order valence-electron chi connectivity index (χ3n) is 5.63. The van der Waals surface area contributed by atoms with Crippen molar-refractivity contribution in [2.24, 2.45) is 22.4 Å². The molecule has 1 aliphatic carbocycles. The Bertz CT molecular complexity index is 767. The summed E-state index contributed by atoms with van der Waals surface area (Å²) < 4.78 is 54.9. The fraction of sp³-hybridized carbons (Fsp3) is 0.579. The number of halogens is 4. The Balaban J connectivity index is 2.01. The zero-order chi connectivity index (χ0) is 20.2. The Kier molecular flexibility index (Phi) is 4.61. The van der Waals surface area contributed by atoms with E-state index in [1.807, 2.05) is 20.8 Å². The van der Waals surface area contributed by atoms with Crippen molar-refractivity contribution in [2.75, 3.05) is 0 Å². The molecule has 1 amide bonds. The number of hydrogen-bond acceptors (Lipinski definition) is 3. The number of carbonyl (C=O) groups is 1. The lowest BCUT2D eigenvalue weighted by atomic mass is 9.66. The highest BCUT2D eigenvalue weighted by Crippen LogP contribution is 2.52. The van der Waals surface area contributed by atoms with Crippen LogP contribution in [-0.4, -0.2) is 33.6 Å². The summed E-state index contributed by atoms with van der Waals surface area (Å²) in [6.07, 6.45) is -4.06. The molecule has 3 atom stereocenters. The molecule has 0 bridgehead atoms. The van der Waals surface area contributed by atoms with Gasteiger partial charge in [0, 0.05) is 11.3 Å². The molecule has 27 heavy (non-hydrogen) atoms. The van der Waals surface area contributed by atoms with Crippen LogP contribution in [0, 0.1) is 23.1 Å². The van der Waals surface area contributed by atoms with Gasteiger partial charge in [0.25, 0.3) is 11.6 Å². The Morgan fingerprint density at radius 3 is 2.33 bits per heavy atom. The number of aliphatic hydroxyl groups is 1. The number of hydrazone groups is 1.